The molecule has 0 radical (unpaired) electrons. The summed E-state index contributed by atoms with van der Waals surface area (Å²) in [5.74, 6) is 0.295. The molecule has 0 fully saturated rings. The van der Waals surface area contributed by atoms with Gasteiger partial charge in [0, 0.05) is 24.8 Å². The van der Waals surface area contributed by atoms with Crippen LogP contribution in [0.3, 0.4) is 0 Å². The summed E-state index contributed by atoms with van der Waals surface area (Å²) >= 11 is 0. The molecule has 0 aliphatic rings. The number of nitrogens with zero attached hydrogens (tertiary/aromatic N) is 2. The number of hydrogen-bond donors (Lipinski definition) is 0. The lowest BCUT2D eigenvalue weighted by Gasteiger charge is -2.19. The minimum Gasteiger partial charge on any atom is -0.314 e. The predicted molar refractivity (Wildman–Crippen MR) is 72.6 cm³/mol. The van der Waals surface area contributed by atoms with Crippen LogP contribution in [0.4, 0.5) is 0 Å². The molecule has 0 spiro atoms. The second-order valence-electron chi connectivity index (χ2n) is 4.64. The number of likely N-dealkylation sites (N-methyl/N-ethyl adjacent to an activating group) is 1. The fourth-order valence-electron chi connectivity index (χ4n) is 1.96. The maximum absolute atomic E-state index is 12.1. The monoisotopic (exact) mass is 236 g/mol. The second-order valence-corrected chi connectivity index (χ2v) is 4.64. The summed E-state index contributed by atoms with van der Waals surface area (Å²) in [5, 5.41) is 0. The van der Waals surface area contributed by atoms with Crippen molar-refractivity contribution in [2.24, 2.45) is 0 Å². The van der Waals surface area contributed by atoms with Gasteiger partial charge in [0.2, 0.25) is 0 Å². The predicted octanol–water partition coefficient (Wildman–Crippen LogP) is 2.31. The van der Waals surface area contributed by atoms with E-state index < -0.39 is 0 Å². The zero-order chi connectivity index (χ0) is 12.8. The molecule has 0 N–H and O–H groups in total. The Morgan fingerprint density at radius 1 is 1.29 bits per heavy atom. The Balaban J connectivity index is 2.78. The van der Waals surface area contributed by atoms with E-state index in [1.54, 1.807) is 0 Å². The summed E-state index contributed by atoms with van der Waals surface area (Å²) in [5.41, 5.74) is 1.07. The molecule has 1 aromatic rings. The summed E-state index contributed by atoms with van der Waals surface area (Å²) in [6.07, 6.45) is 1.89. The van der Waals surface area contributed by atoms with Crippen molar-refractivity contribution in [3.05, 3.63) is 34.2 Å². The minimum absolute atomic E-state index is 0.162. The molecule has 3 nitrogen and oxygen atoms in total. The molecule has 1 heterocycles. The molecule has 0 aliphatic carbocycles. The first kappa shape index (κ1) is 14.0. The van der Waals surface area contributed by atoms with Gasteiger partial charge >= 0.3 is 0 Å². The van der Waals surface area contributed by atoms with Crippen LogP contribution in [0.15, 0.2) is 23.1 Å². The van der Waals surface area contributed by atoms with Crippen molar-refractivity contribution < 1.29 is 0 Å². The first-order chi connectivity index (χ1) is 8.10. The quantitative estimate of drug-likeness (QED) is 0.757. The number of hydrogen-bond acceptors (Lipinski definition) is 2. The van der Waals surface area contributed by atoms with Crippen LogP contribution in [0.1, 0.15) is 39.2 Å². The Hall–Kier alpha value is -1.09. The first-order valence-electron chi connectivity index (χ1n) is 6.51. The molecule has 96 valence electrons. The van der Waals surface area contributed by atoms with Crippen LogP contribution in [-0.2, 0) is 6.54 Å². The van der Waals surface area contributed by atoms with Gasteiger partial charge in [-0.15, -0.1) is 0 Å². The van der Waals surface area contributed by atoms with Gasteiger partial charge in [0.1, 0.15) is 0 Å². The Kier molecular flexibility index (Phi) is 5.42. The molecule has 1 aromatic heterocycles. The highest BCUT2D eigenvalue weighted by Crippen LogP contribution is 2.07. The Labute approximate surface area is 104 Å². The lowest BCUT2D eigenvalue weighted by Crippen LogP contribution is -2.31. The number of aromatic nitrogens is 1. The van der Waals surface area contributed by atoms with Crippen molar-refractivity contribution >= 4 is 0 Å². The summed E-state index contributed by atoms with van der Waals surface area (Å²) in [6, 6.07) is 3.90. The Morgan fingerprint density at radius 3 is 2.47 bits per heavy atom. The van der Waals surface area contributed by atoms with Gasteiger partial charge in [-0.05, 0) is 25.1 Å². The van der Waals surface area contributed by atoms with Crippen LogP contribution < -0.4 is 5.56 Å². The van der Waals surface area contributed by atoms with Crippen LogP contribution in [-0.4, -0.2) is 29.1 Å². The highest BCUT2D eigenvalue weighted by molar-refractivity contribution is 5.14. The van der Waals surface area contributed by atoms with Crippen molar-refractivity contribution in [2.75, 3.05) is 19.6 Å². The molecule has 17 heavy (non-hydrogen) atoms. The van der Waals surface area contributed by atoms with Crippen LogP contribution in [0, 0.1) is 0 Å². The highest BCUT2D eigenvalue weighted by Gasteiger charge is 2.07. The van der Waals surface area contributed by atoms with Crippen molar-refractivity contribution in [2.45, 2.75) is 40.2 Å². The van der Waals surface area contributed by atoms with E-state index in [1.807, 2.05) is 22.9 Å². The molecule has 1 rings (SSSR count). The largest absolute Gasteiger partial charge is 0.314 e. The molecular weight excluding hydrogens is 212 g/mol. The minimum atomic E-state index is 0.162. The molecule has 0 amide bonds. The van der Waals surface area contributed by atoms with Crippen LogP contribution in [0.25, 0.3) is 0 Å². The molecule has 0 aromatic carbocycles. The van der Waals surface area contributed by atoms with Gasteiger partial charge in [0.25, 0.3) is 5.56 Å². The second kappa shape index (κ2) is 6.60. The normalized spacial score (nSPS) is 11.4. The standard InChI is InChI=1S/C14H24N2O/c1-5-15(6-2)10-11-16-9-7-8-13(12(3)4)14(16)17/h7-9,12H,5-6,10-11H2,1-4H3. The molecule has 3 heteroatoms. The highest BCUT2D eigenvalue weighted by atomic mass is 16.1. The zero-order valence-electron chi connectivity index (χ0n) is 11.4. The van der Waals surface area contributed by atoms with Crippen molar-refractivity contribution in [3.8, 4) is 0 Å². The third kappa shape index (κ3) is 3.70. The van der Waals surface area contributed by atoms with E-state index in [1.165, 1.54) is 0 Å². The Bertz CT molecular complexity index is 391. The van der Waals surface area contributed by atoms with E-state index in [0.717, 1.165) is 31.7 Å². The van der Waals surface area contributed by atoms with Gasteiger partial charge in [-0.3, -0.25) is 4.79 Å². The molecule has 0 aliphatic heterocycles. The number of pyridine rings is 1. The van der Waals surface area contributed by atoms with Crippen LogP contribution >= 0.6 is 0 Å². The SMILES string of the molecule is CCN(CC)CCn1cccc(C(C)C)c1=O. The summed E-state index contributed by atoms with van der Waals surface area (Å²) in [4.78, 5) is 14.5. The van der Waals surface area contributed by atoms with Gasteiger partial charge < -0.3 is 9.47 Å². The van der Waals surface area contributed by atoms with Gasteiger partial charge in [-0.2, -0.15) is 0 Å². The van der Waals surface area contributed by atoms with Crippen molar-refractivity contribution in [1.82, 2.24) is 9.47 Å². The maximum atomic E-state index is 12.1. The third-order valence-corrected chi connectivity index (χ3v) is 3.22. The fraction of sp³-hybridized carbons (Fsp3) is 0.643. The van der Waals surface area contributed by atoms with E-state index in [-0.39, 0.29) is 5.56 Å². The van der Waals surface area contributed by atoms with E-state index >= 15 is 0 Å². The maximum Gasteiger partial charge on any atom is 0.254 e. The van der Waals surface area contributed by atoms with E-state index in [0.29, 0.717) is 5.92 Å². The lowest BCUT2D eigenvalue weighted by atomic mass is 10.1. The van der Waals surface area contributed by atoms with Crippen LogP contribution in [0.5, 0.6) is 0 Å². The zero-order valence-corrected chi connectivity index (χ0v) is 11.4. The van der Waals surface area contributed by atoms with Gasteiger partial charge in [-0.1, -0.05) is 33.8 Å². The molecule has 0 unspecified atom stereocenters. The van der Waals surface area contributed by atoms with Crippen molar-refractivity contribution in [3.63, 3.8) is 0 Å². The van der Waals surface area contributed by atoms with Crippen LogP contribution in [0.2, 0.25) is 0 Å². The van der Waals surface area contributed by atoms with E-state index in [9.17, 15) is 4.79 Å². The average molecular weight is 236 g/mol. The van der Waals surface area contributed by atoms with E-state index in [4.69, 9.17) is 0 Å². The summed E-state index contributed by atoms with van der Waals surface area (Å²) < 4.78 is 1.83. The summed E-state index contributed by atoms with van der Waals surface area (Å²) in [7, 11) is 0. The molecule has 0 atom stereocenters. The van der Waals surface area contributed by atoms with E-state index in [2.05, 4.69) is 32.6 Å². The summed E-state index contributed by atoms with van der Waals surface area (Å²) in [6.45, 7) is 12.2. The van der Waals surface area contributed by atoms with Crippen molar-refractivity contribution in [1.29, 1.82) is 0 Å². The number of rotatable bonds is 6. The lowest BCUT2D eigenvalue weighted by molar-refractivity contribution is 0.289. The smallest absolute Gasteiger partial charge is 0.254 e. The average Bonchev–Trinajstić information content (AvgIpc) is 2.32. The fourth-order valence-corrected chi connectivity index (χ4v) is 1.96. The molecular formula is C14H24N2O. The third-order valence-electron chi connectivity index (χ3n) is 3.22. The molecule has 0 saturated carbocycles. The molecule has 0 saturated heterocycles. The topological polar surface area (TPSA) is 25.2 Å². The van der Waals surface area contributed by atoms with Gasteiger partial charge in [-0.25, -0.2) is 0 Å². The van der Waals surface area contributed by atoms with Gasteiger partial charge in [0.15, 0.2) is 0 Å². The van der Waals surface area contributed by atoms with Gasteiger partial charge in [0.05, 0.1) is 0 Å². The Morgan fingerprint density at radius 2 is 1.94 bits per heavy atom. The first-order valence-corrected chi connectivity index (χ1v) is 6.51. The molecule has 0 bridgehead atoms.